The summed E-state index contributed by atoms with van der Waals surface area (Å²) in [5, 5.41) is 3.12. The number of carbonyl (C=O) groups excluding carboxylic acids is 1. The van der Waals surface area contributed by atoms with Gasteiger partial charge < -0.3 is 19.5 Å². The predicted molar refractivity (Wildman–Crippen MR) is 73.1 cm³/mol. The average Bonchev–Trinajstić information content (AvgIpc) is 2.84. The summed E-state index contributed by atoms with van der Waals surface area (Å²) < 4.78 is 16.3. The molecular formula is C14H27NO4. The predicted octanol–water partition coefficient (Wildman–Crippen LogP) is 1.50. The Morgan fingerprint density at radius 1 is 1.32 bits per heavy atom. The second kappa shape index (κ2) is 8.51. The Morgan fingerprint density at radius 3 is 2.74 bits per heavy atom. The highest BCUT2D eigenvalue weighted by Crippen LogP contribution is 2.32. The monoisotopic (exact) mass is 273 g/mol. The lowest BCUT2D eigenvalue weighted by Gasteiger charge is -2.26. The molecule has 112 valence electrons. The lowest BCUT2D eigenvalue weighted by Crippen LogP contribution is -2.49. The van der Waals surface area contributed by atoms with Gasteiger partial charge in [-0.25, -0.2) is 0 Å². The Hall–Kier alpha value is -0.650. The van der Waals surface area contributed by atoms with E-state index in [-0.39, 0.29) is 12.1 Å². The highest BCUT2D eigenvalue weighted by atomic mass is 16.5. The zero-order valence-corrected chi connectivity index (χ0v) is 12.4. The number of likely N-dealkylation sites (N-methyl/N-ethyl adjacent to an activating group) is 1. The lowest BCUT2D eigenvalue weighted by atomic mass is 9.98. The maximum atomic E-state index is 12.0. The van der Waals surface area contributed by atoms with Gasteiger partial charge in [-0.05, 0) is 33.2 Å². The van der Waals surface area contributed by atoms with Crippen molar-refractivity contribution in [1.29, 1.82) is 0 Å². The topological polar surface area (TPSA) is 56.8 Å². The Labute approximate surface area is 116 Å². The number of rotatable bonds is 9. The standard InChI is InChI=1S/C14H27NO4/c1-4-8-17-9-10-19-12-6-7-14(11-12,15-3)13(16)18-5-2/h12,15H,4-11H2,1-3H3. The van der Waals surface area contributed by atoms with E-state index in [0.29, 0.717) is 26.2 Å². The molecule has 1 aliphatic rings. The van der Waals surface area contributed by atoms with Gasteiger partial charge in [-0.15, -0.1) is 0 Å². The van der Waals surface area contributed by atoms with Crippen LogP contribution in [-0.4, -0.2) is 51.1 Å². The Bertz CT molecular complexity index is 272. The summed E-state index contributed by atoms with van der Waals surface area (Å²) in [5.74, 6) is -0.161. The molecule has 1 aliphatic carbocycles. The van der Waals surface area contributed by atoms with Crippen LogP contribution in [0.5, 0.6) is 0 Å². The van der Waals surface area contributed by atoms with Crippen LogP contribution in [0.2, 0.25) is 0 Å². The van der Waals surface area contributed by atoms with Gasteiger partial charge in [-0.1, -0.05) is 6.92 Å². The van der Waals surface area contributed by atoms with Gasteiger partial charge in [0.1, 0.15) is 5.54 Å². The normalized spacial score (nSPS) is 26.6. The Morgan fingerprint density at radius 2 is 2.11 bits per heavy atom. The van der Waals surface area contributed by atoms with Gasteiger partial charge in [-0.3, -0.25) is 4.79 Å². The molecular weight excluding hydrogens is 246 g/mol. The van der Waals surface area contributed by atoms with E-state index >= 15 is 0 Å². The first kappa shape index (κ1) is 16.4. The summed E-state index contributed by atoms with van der Waals surface area (Å²) in [6.45, 7) is 6.31. The second-order valence-electron chi connectivity index (χ2n) is 4.90. The number of hydrogen-bond acceptors (Lipinski definition) is 5. The summed E-state index contributed by atoms with van der Waals surface area (Å²) >= 11 is 0. The molecule has 0 amide bonds. The van der Waals surface area contributed by atoms with Crippen molar-refractivity contribution in [3.8, 4) is 0 Å². The van der Waals surface area contributed by atoms with Crippen molar-refractivity contribution in [2.24, 2.45) is 0 Å². The molecule has 0 radical (unpaired) electrons. The fraction of sp³-hybridized carbons (Fsp3) is 0.929. The smallest absolute Gasteiger partial charge is 0.326 e. The molecule has 0 aliphatic heterocycles. The zero-order valence-electron chi connectivity index (χ0n) is 12.4. The molecule has 19 heavy (non-hydrogen) atoms. The molecule has 0 saturated heterocycles. The van der Waals surface area contributed by atoms with Crippen LogP contribution in [0.3, 0.4) is 0 Å². The molecule has 0 aromatic rings. The van der Waals surface area contributed by atoms with E-state index in [9.17, 15) is 4.79 Å². The summed E-state index contributed by atoms with van der Waals surface area (Å²) in [4.78, 5) is 12.0. The minimum atomic E-state index is -0.565. The molecule has 1 N–H and O–H groups in total. The summed E-state index contributed by atoms with van der Waals surface area (Å²) in [5.41, 5.74) is -0.565. The maximum absolute atomic E-state index is 12.0. The van der Waals surface area contributed by atoms with Crippen molar-refractivity contribution in [2.45, 2.75) is 51.2 Å². The highest BCUT2D eigenvalue weighted by Gasteiger charge is 2.45. The number of esters is 1. The Balaban J connectivity index is 2.32. The molecule has 1 saturated carbocycles. The van der Waals surface area contributed by atoms with Gasteiger partial charge in [0, 0.05) is 13.0 Å². The van der Waals surface area contributed by atoms with E-state index in [4.69, 9.17) is 14.2 Å². The quantitative estimate of drug-likeness (QED) is 0.510. The first-order valence-electron chi connectivity index (χ1n) is 7.24. The average molecular weight is 273 g/mol. The molecule has 0 bridgehead atoms. The third-order valence-electron chi connectivity index (χ3n) is 3.54. The van der Waals surface area contributed by atoms with E-state index in [1.165, 1.54) is 0 Å². The first-order chi connectivity index (χ1) is 9.18. The first-order valence-corrected chi connectivity index (χ1v) is 7.24. The van der Waals surface area contributed by atoms with Crippen molar-refractivity contribution in [3.05, 3.63) is 0 Å². The molecule has 0 spiro atoms. The van der Waals surface area contributed by atoms with Crippen molar-refractivity contribution in [2.75, 3.05) is 33.5 Å². The number of hydrogen-bond donors (Lipinski definition) is 1. The van der Waals surface area contributed by atoms with Gasteiger partial charge in [0.25, 0.3) is 0 Å². The van der Waals surface area contributed by atoms with E-state index in [1.54, 1.807) is 0 Å². The maximum Gasteiger partial charge on any atom is 0.326 e. The van der Waals surface area contributed by atoms with Crippen LogP contribution in [-0.2, 0) is 19.0 Å². The molecule has 0 aromatic heterocycles. The van der Waals surface area contributed by atoms with Crippen molar-refractivity contribution in [3.63, 3.8) is 0 Å². The third kappa shape index (κ3) is 4.75. The fourth-order valence-electron chi connectivity index (χ4n) is 2.45. The van der Waals surface area contributed by atoms with Gasteiger partial charge >= 0.3 is 5.97 Å². The van der Waals surface area contributed by atoms with Crippen molar-refractivity contribution < 1.29 is 19.0 Å². The van der Waals surface area contributed by atoms with Crippen LogP contribution < -0.4 is 5.32 Å². The molecule has 5 heteroatoms. The largest absolute Gasteiger partial charge is 0.465 e. The lowest BCUT2D eigenvalue weighted by molar-refractivity contribution is -0.151. The van der Waals surface area contributed by atoms with Crippen LogP contribution in [0.4, 0.5) is 0 Å². The van der Waals surface area contributed by atoms with Gasteiger partial charge in [0.2, 0.25) is 0 Å². The minimum Gasteiger partial charge on any atom is -0.465 e. The molecule has 0 aromatic carbocycles. The van der Waals surface area contributed by atoms with Crippen LogP contribution in [0.25, 0.3) is 0 Å². The SMILES string of the molecule is CCCOCCOC1CCC(NC)(C(=O)OCC)C1. The van der Waals surface area contributed by atoms with E-state index in [0.717, 1.165) is 25.9 Å². The molecule has 1 rings (SSSR count). The summed E-state index contributed by atoms with van der Waals surface area (Å²) in [6, 6.07) is 0. The van der Waals surface area contributed by atoms with Crippen LogP contribution >= 0.6 is 0 Å². The minimum absolute atomic E-state index is 0.113. The molecule has 1 fully saturated rings. The number of ether oxygens (including phenoxy) is 3. The van der Waals surface area contributed by atoms with Gasteiger partial charge in [-0.2, -0.15) is 0 Å². The molecule has 5 nitrogen and oxygen atoms in total. The van der Waals surface area contributed by atoms with Crippen molar-refractivity contribution >= 4 is 5.97 Å². The van der Waals surface area contributed by atoms with Crippen LogP contribution in [0, 0.1) is 0 Å². The van der Waals surface area contributed by atoms with Crippen LogP contribution in [0.1, 0.15) is 39.5 Å². The van der Waals surface area contributed by atoms with E-state index in [1.807, 2.05) is 14.0 Å². The number of carbonyl (C=O) groups is 1. The van der Waals surface area contributed by atoms with Crippen molar-refractivity contribution in [1.82, 2.24) is 5.32 Å². The highest BCUT2D eigenvalue weighted by molar-refractivity contribution is 5.81. The van der Waals surface area contributed by atoms with Gasteiger partial charge in [0.05, 0.1) is 25.9 Å². The van der Waals surface area contributed by atoms with Crippen LogP contribution in [0.15, 0.2) is 0 Å². The molecule has 2 atom stereocenters. The summed E-state index contributed by atoms with van der Waals surface area (Å²) in [7, 11) is 1.81. The van der Waals surface area contributed by atoms with Gasteiger partial charge in [0.15, 0.2) is 0 Å². The van der Waals surface area contributed by atoms with E-state index in [2.05, 4.69) is 12.2 Å². The zero-order chi connectivity index (χ0) is 14.1. The molecule has 2 unspecified atom stereocenters. The summed E-state index contributed by atoms with van der Waals surface area (Å²) in [6.07, 6.45) is 3.46. The Kier molecular flexibility index (Phi) is 7.34. The second-order valence-corrected chi connectivity index (χ2v) is 4.90. The number of nitrogens with one attached hydrogen (secondary N) is 1. The third-order valence-corrected chi connectivity index (χ3v) is 3.54. The molecule has 0 heterocycles. The van der Waals surface area contributed by atoms with E-state index < -0.39 is 5.54 Å². The fourth-order valence-corrected chi connectivity index (χ4v) is 2.45.